The van der Waals surface area contributed by atoms with Crippen LogP contribution >= 0.6 is 15.9 Å². The molecular formula is C17H20BrNO2. The van der Waals surface area contributed by atoms with Crippen LogP contribution in [0.15, 0.2) is 40.9 Å². The molecule has 0 atom stereocenters. The van der Waals surface area contributed by atoms with Crippen molar-refractivity contribution in [3.05, 3.63) is 57.6 Å². The Morgan fingerprint density at radius 3 is 2.38 bits per heavy atom. The predicted octanol–water partition coefficient (Wildman–Crippen LogP) is 4.06. The van der Waals surface area contributed by atoms with Gasteiger partial charge in [0, 0.05) is 17.6 Å². The molecular weight excluding hydrogens is 330 g/mol. The lowest BCUT2D eigenvalue weighted by molar-refractivity contribution is 0.354. The number of benzene rings is 2. The molecule has 0 spiro atoms. The molecule has 0 fully saturated rings. The van der Waals surface area contributed by atoms with Gasteiger partial charge < -0.3 is 14.8 Å². The second-order valence-corrected chi connectivity index (χ2v) is 5.75. The minimum atomic E-state index is 0.729. The Morgan fingerprint density at radius 1 is 1.00 bits per heavy atom. The van der Waals surface area contributed by atoms with E-state index in [1.807, 2.05) is 12.1 Å². The van der Waals surface area contributed by atoms with Crippen LogP contribution in [-0.4, -0.2) is 14.2 Å². The number of aryl methyl sites for hydroxylation is 1. The zero-order valence-corrected chi connectivity index (χ0v) is 14.2. The molecule has 2 aromatic rings. The summed E-state index contributed by atoms with van der Waals surface area (Å²) >= 11 is 3.57. The number of methoxy groups -OCH3 is 2. The number of hydrogen-bond donors (Lipinski definition) is 1. The summed E-state index contributed by atoms with van der Waals surface area (Å²) in [5, 5.41) is 3.45. The molecule has 0 bridgehead atoms. The molecule has 0 saturated carbocycles. The van der Waals surface area contributed by atoms with Crippen LogP contribution in [0.25, 0.3) is 0 Å². The average molecular weight is 350 g/mol. The Bertz CT molecular complexity index is 614. The zero-order valence-electron chi connectivity index (χ0n) is 12.6. The van der Waals surface area contributed by atoms with Gasteiger partial charge in [-0.15, -0.1) is 0 Å². The number of ether oxygens (including phenoxy) is 2. The molecule has 0 radical (unpaired) electrons. The van der Waals surface area contributed by atoms with Gasteiger partial charge in [0.05, 0.1) is 14.2 Å². The lowest BCUT2D eigenvalue weighted by Gasteiger charge is -2.12. The summed E-state index contributed by atoms with van der Waals surface area (Å²) < 4.78 is 11.6. The molecule has 112 valence electrons. The summed E-state index contributed by atoms with van der Waals surface area (Å²) in [6, 6.07) is 12.4. The Labute approximate surface area is 134 Å². The van der Waals surface area contributed by atoms with Crippen LogP contribution in [0.5, 0.6) is 11.5 Å². The highest BCUT2D eigenvalue weighted by atomic mass is 79.9. The van der Waals surface area contributed by atoms with Gasteiger partial charge in [-0.2, -0.15) is 0 Å². The lowest BCUT2D eigenvalue weighted by atomic mass is 10.1. The highest BCUT2D eigenvalue weighted by molar-refractivity contribution is 9.10. The van der Waals surface area contributed by atoms with E-state index in [2.05, 4.69) is 52.4 Å². The molecule has 2 rings (SSSR count). The molecule has 0 aliphatic rings. The molecule has 1 N–H and O–H groups in total. The highest BCUT2D eigenvalue weighted by Gasteiger charge is 2.09. The summed E-state index contributed by atoms with van der Waals surface area (Å²) in [7, 11) is 3.29. The van der Waals surface area contributed by atoms with Crippen molar-refractivity contribution in [1.82, 2.24) is 5.32 Å². The van der Waals surface area contributed by atoms with Crippen LogP contribution in [0.4, 0.5) is 0 Å². The van der Waals surface area contributed by atoms with E-state index in [1.54, 1.807) is 14.2 Å². The van der Waals surface area contributed by atoms with Gasteiger partial charge in [-0.3, -0.25) is 0 Å². The smallest absolute Gasteiger partial charge is 0.161 e. The zero-order chi connectivity index (χ0) is 15.2. The van der Waals surface area contributed by atoms with Gasteiger partial charge in [-0.05, 0) is 30.2 Å². The summed E-state index contributed by atoms with van der Waals surface area (Å²) in [5.74, 6) is 1.47. The first-order valence-corrected chi connectivity index (χ1v) is 7.60. The summed E-state index contributed by atoms with van der Waals surface area (Å²) in [5.41, 5.74) is 3.70. The maximum atomic E-state index is 5.34. The third kappa shape index (κ3) is 4.22. The fraction of sp³-hybridized carbons (Fsp3) is 0.294. The minimum absolute atomic E-state index is 0.729. The first-order valence-electron chi connectivity index (χ1n) is 6.80. The fourth-order valence-corrected chi connectivity index (χ4v) is 2.66. The summed E-state index contributed by atoms with van der Waals surface area (Å²) in [4.78, 5) is 0. The van der Waals surface area contributed by atoms with Crippen molar-refractivity contribution >= 4 is 15.9 Å². The Hall–Kier alpha value is -1.52. The van der Waals surface area contributed by atoms with Gasteiger partial charge in [0.1, 0.15) is 0 Å². The number of nitrogens with one attached hydrogen (secondary N) is 1. The number of rotatable bonds is 6. The van der Waals surface area contributed by atoms with Crippen molar-refractivity contribution < 1.29 is 9.47 Å². The number of hydrogen-bond acceptors (Lipinski definition) is 3. The third-order valence-corrected chi connectivity index (χ3v) is 4.02. The average Bonchev–Trinajstić information content (AvgIpc) is 2.48. The van der Waals surface area contributed by atoms with Crippen molar-refractivity contribution in [2.24, 2.45) is 0 Å². The van der Waals surface area contributed by atoms with Gasteiger partial charge in [-0.1, -0.05) is 45.8 Å². The molecule has 0 aromatic heterocycles. The lowest BCUT2D eigenvalue weighted by Crippen LogP contribution is -2.13. The standard InChI is InChI=1S/C17H20BrNO2/c1-12-5-4-6-13(7-12)10-19-11-14-8-16(20-2)17(21-3)9-15(14)18/h4-9,19H,10-11H2,1-3H3. The molecule has 0 saturated heterocycles. The van der Waals surface area contributed by atoms with Crippen LogP contribution < -0.4 is 14.8 Å². The first-order chi connectivity index (χ1) is 10.1. The monoisotopic (exact) mass is 349 g/mol. The van der Waals surface area contributed by atoms with E-state index in [0.717, 1.165) is 34.6 Å². The number of halogens is 1. The maximum absolute atomic E-state index is 5.34. The third-order valence-electron chi connectivity index (χ3n) is 3.28. The van der Waals surface area contributed by atoms with Crippen molar-refractivity contribution in [1.29, 1.82) is 0 Å². The van der Waals surface area contributed by atoms with Crippen LogP contribution in [-0.2, 0) is 13.1 Å². The molecule has 0 amide bonds. The Balaban J connectivity index is 2.03. The van der Waals surface area contributed by atoms with Crippen LogP contribution in [0, 0.1) is 6.92 Å². The van der Waals surface area contributed by atoms with Crippen LogP contribution in [0.1, 0.15) is 16.7 Å². The molecule has 4 heteroatoms. The van der Waals surface area contributed by atoms with Gasteiger partial charge >= 0.3 is 0 Å². The fourth-order valence-electron chi connectivity index (χ4n) is 2.20. The van der Waals surface area contributed by atoms with Crippen LogP contribution in [0.2, 0.25) is 0 Å². The quantitative estimate of drug-likeness (QED) is 0.852. The normalized spacial score (nSPS) is 10.5. The largest absolute Gasteiger partial charge is 0.493 e. The SMILES string of the molecule is COc1cc(Br)c(CNCc2cccc(C)c2)cc1OC. The Kier molecular flexibility index (Phi) is 5.65. The second kappa shape index (κ2) is 7.48. The van der Waals surface area contributed by atoms with Crippen molar-refractivity contribution in [2.75, 3.05) is 14.2 Å². The van der Waals surface area contributed by atoms with Gasteiger partial charge in [0.25, 0.3) is 0 Å². The molecule has 0 unspecified atom stereocenters. The molecule has 3 nitrogen and oxygen atoms in total. The first kappa shape index (κ1) is 15.9. The molecule has 0 aliphatic carbocycles. The van der Waals surface area contributed by atoms with E-state index < -0.39 is 0 Å². The van der Waals surface area contributed by atoms with Gasteiger partial charge in [0.15, 0.2) is 11.5 Å². The van der Waals surface area contributed by atoms with Gasteiger partial charge in [-0.25, -0.2) is 0 Å². The molecule has 21 heavy (non-hydrogen) atoms. The van der Waals surface area contributed by atoms with Crippen LogP contribution in [0.3, 0.4) is 0 Å². The maximum Gasteiger partial charge on any atom is 0.161 e. The van der Waals surface area contributed by atoms with E-state index in [9.17, 15) is 0 Å². The molecule has 0 aliphatic heterocycles. The summed E-state index contributed by atoms with van der Waals surface area (Å²) in [6.45, 7) is 3.70. The second-order valence-electron chi connectivity index (χ2n) is 4.89. The highest BCUT2D eigenvalue weighted by Crippen LogP contribution is 2.33. The molecule has 2 aromatic carbocycles. The van der Waals surface area contributed by atoms with Crippen molar-refractivity contribution in [3.63, 3.8) is 0 Å². The molecule has 0 heterocycles. The van der Waals surface area contributed by atoms with Gasteiger partial charge in [0.2, 0.25) is 0 Å². The van der Waals surface area contributed by atoms with E-state index in [4.69, 9.17) is 9.47 Å². The summed E-state index contributed by atoms with van der Waals surface area (Å²) in [6.07, 6.45) is 0. The minimum Gasteiger partial charge on any atom is -0.493 e. The van der Waals surface area contributed by atoms with E-state index in [1.165, 1.54) is 11.1 Å². The van der Waals surface area contributed by atoms with E-state index >= 15 is 0 Å². The Morgan fingerprint density at radius 2 is 1.71 bits per heavy atom. The van der Waals surface area contributed by atoms with Crippen molar-refractivity contribution in [2.45, 2.75) is 20.0 Å². The van der Waals surface area contributed by atoms with E-state index in [0.29, 0.717) is 0 Å². The van der Waals surface area contributed by atoms with Crippen molar-refractivity contribution in [3.8, 4) is 11.5 Å². The topological polar surface area (TPSA) is 30.5 Å². The van der Waals surface area contributed by atoms with E-state index in [-0.39, 0.29) is 0 Å². The predicted molar refractivity (Wildman–Crippen MR) is 89.0 cm³/mol.